The third kappa shape index (κ3) is 5.29. The van der Waals surface area contributed by atoms with Crippen LogP contribution in [0.25, 0.3) is 5.82 Å². The zero-order valence-electron chi connectivity index (χ0n) is 16.0. The first-order chi connectivity index (χ1) is 13.8. The van der Waals surface area contributed by atoms with Crippen molar-refractivity contribution in [2.24, 2.45) is 0 Å². The molecule has 8 nitrogen and oxygen atoms in total. The quantitative estimate of drug-likeness (QED) is 0.648. The topological polar surface area (TPSA) is 81.0 Å². The molecule has 0 bridgehead atoms. The summed E-state index contributed by atoms with van der Waals surface area (Å²) in [5.41, 5.74) is 1.60. The molecule has 1 saturated heterocycles. The molecule has 0 aliphatic carbocycles. The highest BCUT2D eigenvalue weighted by atomic mass is 35.5. The van der Waals surface area contributed by atoms with E-state index >= 15 is 0 Å². The predicted octanol–water partition coefficient (Wildman–Crippen LogP) is 1.30. The van der Waals surface area contributed by atoms with E-state index in [1.165, 1.54) is 0 Å². The van der Waals surface area contributed by atoms with E-state index < -0.39 is 0 Å². The van der Waals surface area contributed by atoms with Gasteiger partial charge >= 0.3 is 0 Å². The molecule has 3 aromatic rings. The second-order valence-corrected chi connectivity index (χ2v) is 6.45. The third-order valence-corrected chi connectivity index (χ3v) is 4.41. The van der Waals surface area contributed by atoms with E-state index in [2.05, 4.69) is 42.0 Å². The van der Waals surface area contributed by atoms with Gasteiger partial charge in [-0.1, -0.05) is 11.8 Å². The number of nitrogens with zero attached hydrogens (tertiary/aromatic N) is 6. The summed E-state index contributed by atoms with van der Waals surface area (Å²) in [6.45, 7) is 3.27. The average Bonchev–Trinajstić information content (AvgIpc) is 3.28. The molecular weight excluding hydrogens is 390 g/mol. The largest absolute Gasteiger partial charge is 0.383 e. The van der Waals surface area contributed by atoms with Gasteiger partial charge in [-0.15, -0.1) is 12.4 Å². The number of rotatable bonds is 4. The van der Waals surface area contributed by atoms with Crippen LogP contribution in [-0.2, 0) is 4.74 Å². The van der Waals surface area contributed by atoms with Gasteiger partial charge in [-0.2, -0.15) is 0 Å². The van der Waals surface area contributed by atoms with Gasteiger partial charge in [0.25, 0.3) is 0 Å². The molecule has 0 spiro atoms. The maximum Gasteiger partial charge on any atom is 0.225 e. The molecule has 0 amide bonds. The van der Waals surface area contributed by atoms with Gasteiger partial charge in [0, 0.05) is 69.3 Å². The van der Waals surface area contributed by atoms with Crippen LogP contribution < -0.4 is 10.2 Å². The first kappa shape index (κ1) is 20.7. The smallest absolute Gasteiger partial charge is 0.225 e. The maximum atomic E-state index is 5.23. The summed E-state index contributed by atoms with van der Waals surface area (Å²) in [4.78, 5) is 19.5. The zero-order valence-corrected chi connectivity index (χ0v) is 16.8. The Morgan fingerprint density at radius 2 is 1.93 bits per heavy atom. The Balaban J connectivity index is 0.00000240. The number of hydrogen-bond acceptors (Lipinski definition) is 7. The van der Waals surface area contributed by atoms with Gasteiger partial charge in [-0.25, -0.2) is 19.9 Å². The fourth-order valence-electron chi connectivity index (χ4n) is 3.02. The van der Waals surface area contributed by atoms with Crippen LogP contribution in [0.4, 0.5) is 5.95 Å². The number of pyridine rings is 1. The van der Waals surface area contributed by atoms with Crippen LogP contribution >= 0.6 is 12.4 Å². The van der Waals surface area contributed by atoms with E-state index in [1.807, 2.05) is 22.9 Å². The van der Waals surface area contributed by atoms with Gasteiger partial charge in [0.15, 0.2) is 0 Å². The molecule has 29 heavy (non-hydrogen) atoms. The number of hydrogen-bond donors (Lipinski definition) is 1. The molecular formula is C20H22ClN7O. The van der Waals surface area contributed by atoms with Crippen LogP contribution in [-0.4, -0.2) is 63.9 Å². The molecule has 150 valence electrons. The summed E-state index contributed by atoms with van der Waals surface area (Å²) in [6.07, 6.45) is 10.5. The summed E-state index contributed by atoms with van der Waals surface area (Å²) in [5.74, 6) is 7.71. The molecule has 0 saturated carbocycles. The molecule has 9 heteroatoms. The Labute approximate surface area is 175 Å². The Morgan fingerprint density at radius 3 is 2.62 bits per heavy atom. The van der Waals surface area contributed by atoms with Crippen molar-refractivity contribution in [1.82, 2.24) is 29.8 Å². The van der Waals surface area contributed by atoms with E-state index in [0.717, 1.165) is 42.5 Å². The molecule has 0 unspecified atom stereocenters. The van der Waals surface area contributed by atoms with Crippen molar-refractivity contribution in [2.75, 3.05) is 38.3 Å². The summed E-state index contributed by atoms with van der Waals surface area (Å²) < 4.78 is 7.07. The standard InChI is InChI=1S/C20H21N7O.ClH/c1-28-14-18-13-26(9-7-22-18)20-24-11-17(12-25-20)3-2-16-4-5-19(23-10-16)27-8-6-21-15-27;/h4-6,8,10-12,15,18,22H,7,9,13-14H2,1H3;1H/t18-;/m1./s1. The first-order valence-corrected chi connectivity index (χ1v) is 9.07. The van der Waals surface area contributed by atoms with Crippen molar-refractivity contribution in [2.45, 2.75) is 6.04 Å². The van der Waals surface area contributed by atoms with Crippen LogP contribution in [0.15, 0.2) is 49.4 Å². The SMILES string of the molecule is COC[C@H]1CN(c2ncc(C#Cc3ccc(-n4ccnc4)nc3)cn2)CCN1.Cl. The summed E-state index contributed by atoms with van der Waals surface area (Å²) >= 11 is 0. The summed E-state index contributed by atoms with van der Waals surface area (Å²) in [6, 6.07) is 4.13. The number of anilines is 1. The summed E-state index contributed by atoms with van der Waals surface area (Å²) in [7, 11) is 1.71. The van der Waals surface area contributed by atoms with Crippen molar-refractivity contribution in [3.63, 3.8) is 0 Å². The zero-order chi connectivity index (χ0) is 19.2. The minimum Gasteiger partial charge on any atom is -0.383 e. The summed E-state index contributed by atoms with van der Waals surface area (Å²) in [5, 5.41) is 3.43. The molecule has 4 rings (SSSR count). The van der Waals surface area contributed by atoms with Crippen LogP contribution in [0.3, 0.4) is 0 Å². The normalized spacial score (nSPS) is 15.9. The van der Waals surface area contributed by atoms with Gasteiger partial charge in [0.1, 0.15) is 12.1 Å². The monoisotopic (exact) mass is 411 g/mol. The van der Waals surface area contributed by atoms with E-state index in [-0.39, 0.29) is 12.4 Å². The highest BCUT2D eigenvalue weighted by Crippen LogP contribution is 2.10. The molecule has 0 aromatic carbocycles. The molecule has 3 aromatic heterocycles. The van der Waals surface area contributed by atoms with Gasteiger partial charge in [0.2, 0.25) is 5.95 Å². The van der Waals surface area contributed by atoms with E-state index in [4.69, 9.17) is 4.74 Å². The Morgan fingerprint density at radius 1 is 1.14 bits per heavy atom. The van der Waals surface area contributed by atoms with Crippen molar-refractivity contribution in [3.05, 3.63) is 60.6 Å². The maximum absolute atomic E-state index is 5.23. The highest BCUT2D eigenvalue weighted by Gasteiger charge is 2.20. The molecule has 4 heterocycles. The van der Waals surface area contributed by atoms with Crippen molar-refractivity contribution in [3.8, 4) is 17.7 Å². The number of aromatic nitrogens is 5. The molecule has 1 atom stereocenters. The second-order valence-electron chi connectivity index (χ2n) is 6.45. The van der Waals surface area contributed by atoms with E-state index in [1.54, 1.807) is 38.2 Å². The number of halogens is 1. The van der Waals surface area contributed by atoms with Crippen molar-refractivity contribution < 1.29 is 4.74 Å². The first-order valence-electron chi connectivity index (χ1n) is 9.07. The molecule has 1 N–H and O–H groups in total. The number of nitrogens with one attached hydrogen (secondary N) is 1. The number of ether oxygens (including phenoxy) is 1. The van der Waals surface area contributed by atoms with Crippen LogP contribution in [0.1, 0.15) is 11.1 Å². The van der Waals surface area contributed by atoms with Gasteiger partial charge in [-0.05, 0) is 12.1 Å². The Kier molecular flexibility index (Phi) is 7.14. The Bertz CT molecular complexity index is 947. The number of methoxy groups -OCH3 is 1. The van der Waals surface area contributed by atoms with Gasteiger partial charge in [0.05, 0.1) is 12.2 Å². The minimum absolute atomic E-state index is 0. The van der Waals surface area contributed by atoms with Crippen LogP contribution in [0, 0.1) is 11.8 Å². The number of imidazole rings is 1. The highest BCUT2D eigenvalue weighted by molar-refractivity contribution is 5.85. The van der Waals surface area contributed by atoms with Crippen molar-refractivity contribution in [1.29, 1.82) is 0 Å². The second kappa shape index (κ2) is 9.98. The lowest BCUT2D eigenvalue weighted by Crippen LogP contribution is -2.53. The van der Waals surface area contributed by atoms with Crippen LogP contribution in [0.2, 0.25) is 0 Å². The van der Waals surface area contributed by atoms with Crippen LogP contribution in [0.5, 0.6) is 0 Å². The van der Waals surface area contributed by atoms with Gasteiger partial charge < -0.3 is 15.0 Å². The fourth-order valence-corrected chi connectivity index (χ4v) is 3.02. The van der Waals surface area contributed by atoms with E-state index in [0.29, 0.717) is 12.6 Å². The van der Waals surface area contributed by atoms with Gasteiger partial charge in [-0.3, -0.25) is 4.57 Å². The molecule has 0 radical (unpaired) electrons. The lowest BCUT2D eigenvalue weighted by Gasteiger charge is -2.33. The lowest BCUT2D eigenvalue weighted by molar-refractivity contribution is 0.163. The Hall–Kier alpha value is -2.99. The van der Waals surface area contributed by atoms with E-state index in [9.17, 15) is 0 Å². The molecule has 1 aliphatic rings. The lowest BCUT2D eigenvalue weighted by atomic mass is 10.2. The average molecular weight is 412 g/mol. The molecule has 1 aliphatic heterocycles. The predicted molar refractivity (Wildman–Crippen MR) is 112 cm³/mol. The third-order valence-electron chi connectivity index (χ3n) is 4.41. The fraction of sp³-hybridized carbons (Fsp3) is 0.300. The minimum atomic E-state index is 0. The number of piperazine rings is 1. The molecule has 1 fully saturated rings. The van der Waals surface area contributed by atoms with Crippen molar-refractivity contribution >= 4 is 18.4 Å².